The highest BCUT2D eigenvalue weighted by atomic mass is 35.5. The number of amides is 1. The lowest BCUT2D eigenvalue weighted by Gasteiger charge is -2.12. The third kappa shape index (κ3) is 6.43. The number of aromatic nitrogens is 2. The highest BCUT2D eigenvalue weighted by Crippen LogP contribution is 2.20. The summed E-state index contributed by atoms with van der Waals surface area (Å²) in [5.41, 5.74) is 5.17. The van der Waals surface area contributed by atoms with Gasteiger partial charge in [0, 0.05) is 13.0 Å². The van der Waals surface area contributed by atoms with Gasteiger partial charge in [0.15, 0.2) is 0 Å². The summed E-state index contributed by atoms with van der Waals surface area (Å²) in [5, 5.41) is 3.44. The van der Waals surface area contributed by atoms with Gasteiger partial charge in [-0.1, -0.05) is 48.4 Å². The molecule has 0 unspecified atom stereocenters. The maximum Gasteiger partial charge on any atom is 0.252 e. The minimum atomic E-state index is -0.124. The summed E-state index contributed by atoms with van der Waals surface area (Å²) in [6.45, 7) is 6.17. The predicted octanol–water partition coefficient (Wildman–Crippen LogP) is 6.53. The Hall–Kier alpha value is -3.31. The second-order valence-corrected chi connectivity index (χ2v) is 9.22. The number of carbonyl (C=O) groups is 1. The van der Waals surface area contributed by atoms with Crippen LogP contribution in [0.25, 0.3) is 11.0 Å². The monoisotopic (exact) mass is 489 g/mol. The molecule has 6 heteroatoms. The molecule has 4 rings (SSSR count). The first-order valence-corrected chi connectivity index (χ1v) is 12.6. The Balaban J connectivity index is 1.28. The fourth-order valence-corrected chi connectivity index (χ4v) is 4.37. The molecule has 0 spiro atoms. The number of imidazole rings is 1. The molecular formula is C29H32ClN3O2. The van der Waals surface area contributed by atoms with Gasteiger partial charge in [0.05, 0.1) is 28.2 Å². The smallest absolute Gasteiger partial charge is 0.252 e. The van der Waals surface area contributed by atoms with Crippen molar-refractivity contribution >= 4 is 28.5 Å². The molecule has 182 valence electrons. The van der Waals surface area contributed by atoms with E-state index in [-0.39, 0.29) is 5.91 Å². The number of unbranched alkanes of at least 4 members (excludes halogenated alkanes) is 2. The van der Waals surface area contributed by atoms with E-state index in [0.717, 1.165) is 54.8 Å². The fourth-order valence-electron chi connectivity index (χ4n) is 4.15. The molecule has 0 atom stereocenters. The van der Waals surface area contributed by atoms with Crippen molar-refractivity contribution in [1.29, 1.82) is 0 Å². The number of benzene rings is 3. The van der Waals surface area contributed by atoms with Crippen LogP contribution < -0.4 is 10.1 Å². The summed E-state index contributed by atoms with van der Waals surface area (Å²) >= 11 is 6.10. The molecule has 3 aromatic carbocycles. The van der Waals surface area contributed by atoms with Crippen molar-refractivity contribution in [2.75, 3.05) is 13.2 Å². The summed E-state index contributed by atoms with van der Waals surface area (Å²) in [7, 11) is 0. The number of hydrogen-bond donors (Lipinski definition) is 1. The van der Waals surface area contributed by atoms with Crippen LogP contribution in [0, 0.1) is 13.8 Å². The normalized spacial score (nSPS) is 11.1. The zero-order valence-electron chi connectivity index (χ0n) is 20.4. The van der Waals surface area contributed by atoms with Crippen molar-refractivity contribution in [2.24, 2.45) is 0 Å². The van der Waals surface area contributed by atoms with Gasteiger partial charge in [-0.15, -0.1) is 0 Å². The summed E-state index contributed by atoms with van der Waals surface area (Å²) in [6, 6.07) is 21.6. The van der Waals surface area contributed by atoms with Gasteiger partial charge in [-0.05, 0) is 74.2 Å². The molecule has 0 aliphatic rings. The van der Waals surface area contributed by atoms with Gasteiger partial charge in [0.2, 0.25) is 0 Å². The van der Waals surface area contributed by atoms with E-state index in [9.17, 15) is 4.79 Å². The summed E-state index contributed by atoms with van der Waals surface area (Å²) in [4.78, 5) is 17.2. The minimum Gasteiger partial charge on any atom is -0.492 e. The first-order valence-electron chi connectivity index (χ1n) is 12.2. The van der Waals surface area contributed by atoms with Crippen molar-refractivity contribution in [3.63, 3.8) is 0 Å². The Kier molecular flexibility index (Phi) is 8.43. The number of rotatable bonds is 11. The van der Waals surface area contributed by atoms with Gasteiger partial charge < -0.3 is 14.6 Å². The zero-order chi connectivity index (χ0) is 24.6. The maximum atomic E-state index is 12.3. The van der Waals surface area contributed by atoms with E-state index in [1.165, 1.54) is 11.1 Å². The Morgan fingerprint density at radius 1 is 0.971 bits per heavy atom. The molecule has 1 amide bonds. The average Bonchev–Trinajstić information content (AvgIpc) is 3.21. The predicted molar refractivity (Wildman–Crippen MR) is 142 cm³/mol. The molecule has 1 aromatic heterocycles. The van der Waals surface area contributed by atoms with Gasteiger partial charge in [-0.25, -0.2) is 4.98 Å². The highest BCUT2D eigenvalue weighted by molar-refractivity contribution is 6.33. The molecule has 0 radical (unpaired) electrons. The standard InChI is InChI=1S/C29H32ClN3O2/c1-21-15-16-23(20-22(21)2)35-19-18-33-27-13-8-7-12-26(27)32-28(33)14-4-3-9-17-31-29(34)24-10-5-6-11-25(24)30/h5-8,10-13,15-16,20H,3-4,9,14,17-19H2,1-2H3,(H,31,34). The third-order valence-corrected chi connectivity index (χ3v) is 6.61. The second-order valence-electron chi connectivity index (χ2n) is 8.81. The first kappa shape index (κ1) is 24.8. The SMILES string of the molecule is Cc1ccc(OCCn2c(CCCCCNC(=O)c3ccccc3Cl)nc3ccccc32)cc1C. The largest absolute Gasteiger partial charge is 0.492 e. The number of nitrogens with one attached hydrogen (secondary N) is 1. The molecule has 4 aromatic rings. The summed E-state index contributed by atoms with van der Waals surface area (Å²) in [6.07, 6.45) is 3.80. The zero-order valence-corrected chi connectivity index (χ0v) is 21.1. The molecule has 0 saturated heterocycles. The fraction of sp³-hybridized carbons (Fsp3) is 0.310. The van der Waals surface area contributed by atoms with Crippen LogP contribution in [0.1, 0.15) is 46.6 Å². The van der Waals surface area contributed by atoms with Gasteiger partial charge in [0.25, 0.3) is 5.91 Å². The number of ether oxygens (including phenoxy) is 1. The molecule has 0 saturated carbocycles. The van der Waals surface area contributed by atoms with Gasteiger partial charge >= 0.3 is 0 Å². The number of nitrogens with zero attached hydrogens (tertiary/aromatic N) is 2. The van der Waals surface area contributed by atoms with Gasteiger partial charge in [0.1, 0.15) is 18.2 Å². The minimum absolute atomic E-state index is 0.124. The molecule has 5 nitrogen and oxygen atoms in total. The number of halogens is 1. The van der Waals surface area contributed by atoms with Crippen molar-refractivity contribution in [2.45, 2.75) is 46.1 Å². The van der Waals surface area contributed by atoms with E-state index >= 15 is 0 Å². The van der Waals surface area contributed by atoms with Gasteiger partial charge in [-0.3, -0.25) is 4.79 Å². The molecule has 0 bridgehead atoms. The first-order chi connectivity index (χ1) is 17.0. The summed E-state index contributed by atoms with van der Waals surface area (Å²) in [5.74, 6) is 1.86. The number of aryl methyl sites for hydroxylation is 3. The van der Waals surface area contributed by atoms with E-state index in [1.807, 2.05) is 24.3 Å². The molecule has 1 heterocycles. The van der Waals surface area contributed by atoms with Crippen molar-refractivity contribution in [3.05, 3.63) is 94.3 Å². The molecule has 0 aliphatic carbocycles. The van der Waals surface area contributed by atoms with E-state index < -0.39 is 0 Å². The van der Waals surface area contributed by atoms with Crippen LogP contribution in [0.15, 0.2) is 66.7 Å². The topological polar surface area (TPSA) is 56.1 Å². The van der Waals surface area contributed by atoms with Crippen LogP contribution in [0.5, 0.6) is 5.75 Å². The molecule has 1 N–H and O–H groups in total. The quantitative estimate of drug-likeness (QED) is 0.244. The van der Waals surface area contributed by atoms with Crippen LogP contribution in [0.3, 0.4) is 0 Å². The lowest BCUT2D eigenvalue weighted by atomic mass is 10.1. The Morgan fingerprint density at radius 2 is 1.77 bits per heavy atom. The number of fused-ring (bicyclic) bond motifs is 1. The van der Waals surface area contributed by atoms with Crippen LogP contribution in [0.4, 0.5) is 0 Å². The Bertz CT molecular complexity index is 1300. The van der Waals surface area contributed by atoms with Crippen molar-refractivity contribution < 1.29 is 9.53 Å². The molecular weight excluding hydrogens is 458 g/mol. The number of hydrogen-bond acceptors (Lipinski definition) is 3. The van der Waals surface area contributed by atoms with Crippen LogP contribution in [-0.2, 0) is 13.0 Å². The van der Waals surface area contributed by atoms with Crippen LogP contribution in [-0.4, -0.2) is 28.6 Å². The van der Waals surface area contributed by atoms with E-state index in [1.54, 1.807) is 12.1 Å². The van der Waals surface area contributed by atoms with E-state index in [4.69, 9.17) is 21.3 Å². The second kappa shape index (κ2) is 11.9. The summed E-state index contributed by atoms with van der Waals surface area (Å²) < 4.78 is 8.32. The molecule has 0 aliphatic heterocycles. The van der Waals surface area contributed by atoms with E-state index in [2.05, 4.69) is 54.1 Å². The Labute approximate surface area is 212 Å². The van der Waals surface area contributed by atoms with Crippen LogP contribution >= 0.6 is 11.6 Å². The number of para-hydroxylation sites is 2. The lowest BCUT2D eigenvalue weighted by Crippen LogP contribution is -2.24. The van der Waals surface area contributed by atoms with Crippen LogP contribution in [0.2, 0.25) is 5.02 Å². The maximum absolute atomic E-state index is 12.3. The third-order valence-electron chi connectivity index (χ3n) is 6.28. The number of carbonyl (C=O) groups excluding carboxylic acids is 1. The highest BCUT2D eigenvalue weighted by Gasteiger charge is 2.11. The Morgan fingerprint density at radius 3 is 2.60 bits per heavy atom. The van der Waals surface area contributed by atoms with E-state index in [0.29, 0.717) is 23.7 Å². The lowest BCUT2D eigenvalue weighted by molar-refractivity contribution is 0.0953. The molecule has 0 fully saturated rings. The van der Waals surface area contributed by atoms with Crippen molar-refractivity contribution in [1.82, 2.24) is 14.9 Å². The molecule has 35 heavy (non-hydrogen) atoms. The van der Waals surface area contributed by atoms with Gasteiger partial charge in [-0.2, -0.15) is 0 Å². The van der Waals surface area contributed by atoms with Crippen molar-refractivity contribution in [3.8, 4) is 5.75 Å². The average molecular weight is 490 g/mol.